The van der Waals surface area contributed by atoms with Crippen molar-refractivity contribution in [3.8, 4) is 0 Å². The first-order valence-corrected chi connectivity index (χ1v) is 9.53. The van der Waals surface area contributed by atoms with Crippen molar-refractivity contribution in [2.75, 3.05) is 11.9 Å². The predicted octanol–water partition coefficient (Wildman–Crippen LogP) is 2.64. The van der Waals surface area contributed by atoms with Crippen molar-refractivity contribution in [2.24, 2.45) is 0 Å². The number of hydrogen-bond donors (Lipinski definition) is 1. The number of hydrogen-bond acceptors (Lipinski definition) is 4. The molecule has 29 heavy (non-hydrogen) atoms. The Balaban J connectivity index is 1.64. The number of carbonyl (C=O) groups excluding carboxylic acids is 2. The van der Waals surface area contributed by atoms with Crippen LogP contribution in [0.3, 0.4) is 0 Å². The van der Waals surface area contributed by atoms with Crippen molar-refractivity contribution in [1.82, 2.24) is 15.3 Å². The van der Waals surface area contributed by atoms with Crippen LogP contribution in [0.4, 0.5) is 5.69 Å². The van der Waals surface area contributed by atoms with E-state index >= 15 is 0 Å². The maximum Gasteiger partial charge on any atom is 0.238 e. The quantitative estimate of drug-likeness (QED) is 0.707. The van der Waals surface area contributed by atoms with Crippen LogP contribution in [0.1, 0.15) is 23.2 Å². The molecule has 2 amide bonds. The lowest BCUT2D eigenvalue weighted by Crippen LogP contribution is -2.44. The Hall–Kier alpha value is -3.54. The molecule has 6 nitrogen and oxygen atoms in total. The molecule has 146 valence electrons. The molecular weight excluding hydrogens is 364 g/mol. The van der Waals surface area contributed by atoms with Crippen molar-refractivity contribution in [1.29, 1.82) is 0 Å². The molecule has 0 spiro atoms. The van der Waals surface area contributed by atoms with Crippen LogP contribution >= 0.6 is 0 Å². The SMILES string of the molecule is CN1C(=O)C(CC(=O)NCc2ccncn2)(Cc2ccccc2)c2ccccc21. The second-order valence-electron chi connectivity index (χ2n) is 7.28. The Morgan fingerprint density at radius 2 is 1.83 bits per heavy atom. The van der Waals surface area contributed by atoms with E-state index in [0.29, 0.717) is 13.0 Å². The van der Waals surface area contributed by atoms with Gasteiger partial charge in [-0.2, -0.15) is 0 Å². The standard InChI is InChI=1S/C23H22N4O2/c1-27-20-10-6-5-9-19(20)23(22(27)29,13-17-7-3-2-4-8-17)14-21(28)25-15-18-11-12-24-16-26-18/h2-12,16H,13-15H2,1H3,(H,25,28). The highest BCUT2D eigenvalue weighted by Gasteiger charge is 2.50. The molecule has 1 aliphatic rings. The van der Waals surface area contributed by atoms with E-state index in [4.69, 9.17) is 0 Å². The van der Waals surface area contributed by atoms with Gasteiger partial charge in [0, 0.05) is 25.4 Å². The minimum atomic E-state index is -0.928. The molecule has 4 rings (SSSR count). The van der Waals surface area contributed by atoms with Gasteiger partial charge in [-0.1, -0.05) is 48.5 Å². The fourth-order valence-corrected chi connectivity index (χ4v) is 4.01. The minimum Gasteiger partial charge on any atom is -0.350 e. The lowest BCUT2D eigenvalue weighted by molar-refractivity contribution is -0.129. The van der Waals surface area contributed by atoms with Gasteiger partial charge in [-0.05, 0) is 29.7 Å². The summed E-state index contributed by atoms with van der Waals surface area (Å²) in [6, 6.07) is 19.3. The van der Waals surface area contributed by atoms with Crippen molar-refractivity contribution in [3.05, 3.63) is 90.0 Å². The highest BCUT2D eigenvalue weighted by molar-refractivity contribution is 6.09. The van der Waals surface area contributed by atoms with Gasteiger partial charge in [0.1, 0.15) is 6.33 Å². The Morgan fingerprint density at radius 1 is 1.07 bits per heavy atom. The molecule has 0 radical (unpaired) electrons. The van der Waals surface area contributed by atoms with Crippen molar-refractivity contribution in [2.45, 2.75) is 24.8 Å². The number of carbonyl (C=O) groups is 2. The zero-order valence-corrected chi connectivity index (χ0v) is 16.2. The number of fused-ring (bicyclic) bond motifs is 1. The number of para-hydroxylation sites is 1. The van der Waals surface area contributed by atoms with Gasteiger partial charge in [0.2, 0.25) is 11.8 Å². The van der Waals surface area contributed by atoms with Gasteiger partial charge < -0.3 is 10.2 Å². The van der Waals surface area contributed by atoms with Crippen LogP contribution in [0.25, 0.3) is 0 Å². The first kappa shape index (κ1) is 18.8. The fourth-order valence-electron chi connectivity index (χ4n) is 4.01. The maximum absolute atomic E-state index is 13.4. The van der Waals surface area contributed by atoms with Gasteiger partial charge in [-0.3, -0.25) is 9.59 Å². The molecule has 0 bridgehead atoms. The van der Waals surface area contributed by atoms with E-state index in [9.17, 15) is 9.59 Å². The van der Waals surface area contributed by atoms with Crippen molar-refractivity contribution in [3.63, 3.8) is 0 Å². The van der Waals surface area contributed by atoms with Crippen molar-refractivity contribution >= 4 is 17.5 Å². The summed E-state index contributed by atoms with van der Waals surface area (Å²) in [6.45, 7) is 0.300. The second kappa shape index (κ2) is 7.83. The van der Waals surface area contributed by atoms with Gasteiger partial charge in [0.05, 0.1) is 17.7 Å². The first-order chi connectivity index (χ1) is 14.1. The lowest BCUT2D eigenvalue weighted by atomic mass is 9.73. The van der Waals surface area contributed by atoms with Crippen LogP contribution in [-0.4, -0.2) is 28.8 Å². The largest absolute Gasteiger partial charge is 0.350 e. The molecule has 6 heteroatoms. The molecule has 2 heterocycles. The highest BCUT2D eigenvalue weighted by atomic mass is 16.2. The fraction of sp³-hybridized carbons (Fsp3) is 0.217. The second-order valence-corrected chi connectivity index (χ2v) is 7.28. The van der Waals surface area contributed by atoms with Gasteiger partial charge >= 0.3 is 0 Å². The van der Waals surface area contributed by atoms with Crippen LogP contribution < -0.4 is 10.2 Å². The number of benzene rings is 2. The summed E-state index contributed by atoms with van der Waals surface area (Å²) in [5.74, 6) is -0.238. The summed E-state index contributed by atoms with van der Waals surface area (Å²) in [5.41, 5.74) is 2.57. The minimum absolute atomic E-state index is 0.0558. The predicted molar refractivity (Wildman–Crippen MR) is 110 cm³/mol. The Kier molecular flexibility index (Phi) is 5.08. The molecule has 0 saturated heterocycles. The van der Waals surface area contributed by atoms with E-state index < -0.39 is 5.41 Å². The summed E-state index contributed by atoms with van der Waals surface area (Å²) in [7, 11) is 1.77. The molecule has 1 atom stereocenters. The number of rotatable bonds is 6. The van der Waals surface area contributed by atoms with E-state index in [0.717, 1.165) is 22.5 Å². The summed E-state index contributed by atoms with van der Waals surface area (Å²) < 4.78 is 0. The first-order valence-electron chi connectivity index (χ1n) is 9.53. The summed E-state index contributed by atoms with van der Waals surface area (Å²) in [4.78, 5) is 36.0. The topological polar surface area (TPSA) is 75.2 Å². The molecule has 1 aliphatic heterocycles. The molecule has 1 aromatic heterocycles. The van der Waals surface area contributed by atoms with E-state index in [1.807, 2.05) is 54.6 Å². The zero-order chi connectivity index (χ0) is 20.3. The van der Waals surface area contributed by atoms with Gasteiger partial charge in [-0.25, -0.2) is 9.97 Å². The van der Waals surface area contributed by atoms with Crippen LogP contribution in [0.2, 0.25) is 0 Å². The molecule has 0 saturated carbocycles. The van der Waals surface area contributed by atoms with Crippen LogP contribution in [0.5, 0.6) is 0 Å². The summed E-state index contributed by atoms with van der Waals surface area (Å²) in [6.07, 6.45) is 3.63. The van der Waals surface area contributed by atoms with E-state index in [1.54, 1.807) is 24.2 Å². The third-order valence-electron chi connectivity index (χ3n) is 5.42. The molecular formula is C23H22N4O2. The molecule has 0 aliphatic carbocycles. The number of amides is 2. The van der Waals surface area contributed by atoms with E-state index in [2.05, 4.69) is 15.3 Å². The number of anilines is 1. The Bertz CT molecular complexity index is 1020. The van der Waals surface area contributed by atoms with Crippen LogP contribution in [-0.2, 0) is 28.0 Å². The van der Waals surface area contributed by atoms with Gasteiger partial charge in [0.15, 0.2) is 0 Å². The zero-order valence-electron chi connectivity index (χ0n) is 16.2. The highest BCUT2D eigenvalue weighted by Crippen LogP contribution is 2.45. The normalized spacial score (nSPS) is 17.8. The van der Waals surface area contributed by atoms with E-state index in [-0.39, 0.29) is 18.2 Å². The molecule has 0 fully saturated rings. The van der Waals surface area contributed by atoms with E-state index in [1.165, 1.54) is 6.33 Å². The number of aromatic nitrogens is 2. The van der Waals surface area contributed by atoms with Crippen molar-refractivity contribution < 1.29 is 9.59 Å². The summed E-state index contributed by atoms with van der Waals surface area (Å²) in [5, 5.41) is 2.90. The molecule has 1 N–H and O–H groups in total. The molecule has 3 aromatic rings. The number of nitrogens with one attached hydrogen (secondary N) is 1. The average molecular weight is 386 g/mol. The number of likely N-dealkylation sites (N-methyl/N-ethyl adjacent to an activating group) is 1. The van der Waals surface area contributed by atoms with Gasteiger partial charge in [0.25, 0.3) is 0 Å². The Morgan fingerprint density at radius 3 is 2.59 bits per heavy atom. The van der Waals surface area contributed by atoms with Crippen LogP contribution in [0.15, 0.2) is 73.2 Å². The lowest BCUT2D eigenvalue weighted by Gasteiger charge is -2.28. The third-order valence-corrected chi connectivity index (χ3v) is 5.42. The number of nitrogens with zero attached hydrogens (tertiary/aromatic N) is 3. The Labute approximate surface area is 169 Å². The van der Waals surface area contributed by atoms with Gasteiger partial charge in [-0.15, -0.1) is 0 Å². The molecule has 2 aromatic carbocycles. The molecule has 1 unspecified atom stereocenters. The summed E-state index contributed by atoms with van der Waals surface area (Å²) >= 11 is 0. The third kappa shape index (κ3) is 3.61. The monoisotopic (exact) mass is 386 g/mol. The smallest absolute Gasteiger partial charge is 0.238 e. The average Bonchev–Trinajstić information content (AvgIpc) is 2.96. The maximum atomic E-state index is 13.4. The van der Waals surface area contributed by atoms with Crippen LogP contribution in [0, 0.1) is 0 Å².